The number of rotatable bonds is 4. The number of pyridine rings is 1. The van der Waals surface area contributed by atoms with Gasteiger partial charge in [0.25, 0.3) is 15.7 Å². The van der Waals surface area contributed by atoms with Crippen molar-refractivity contribution in [3.05, 3.63) is 57.4 Å². The predicted molar refractivity (Wildman–Crippen MR) is 77.9 cm³/mol. The average molecular weight is 328 g/mol. The molecule has 21 heavy (non-hydrogen) atoms. The molecule has 1 heterocycles. The van der Waals surface area contributed by atoms with Crippen LogP contribution in [0.15, 0.2) is 41.4 Å². The molecule has 0 spiro atoms. The van der Waals surface area contributed by atoms with Gasteiger partial charge in [-0.25, -0.2) is 13.4 Å². The normalized spacial score (nSPS) is 11.1. The third-order valence-corrected chi connectivity index (χ3v) is 4.38. The number of para-hydroxylation sites is 1. The second-order valence-corrected chi connectivity index (χ2v) is 6.13. The van der Waals surface area contributed by atoms with Crippen LogP contribution in [0.25, 0.3) is 0 Å². The van der Waals surface area contributed by atoms with E-state index in [1.165, 1.54) is 18.3 Å². The van der Waals surface area contributed by atoms with Crippen LogP contribution in [0.1, 0.15) is 5.56 Å². The molecule has 2 rings (SSSR count). The van der Waals surface area contributed by atoms with Crippen LogP contribution in [0.3, 0.4) is 0 Å². The molecule has 1 N–H and O–H groups in total. The number of hydrogen-bond acceptors (Lipinski definition) is 5. The number of sulfonamides is 1. The molecule has 0 saturated heterocycles. The molecule has 0 atom stereocenters. The lowest BCUT2D eigenvalue weighted by Crippen LogP contribution is -2.16. The number of aryl methyl sites for hydroxylation is 1. The van der Waals surface area contributed by atoms with Crippen molar-refractivity contribution in [1.29, 1.82) is 0 Å². The van der Waals surface area contributed by atoms with E-state index in [-0.39, 0.29) is 10.8 Å². The Morgan fingerprint density at radius 1 is 1.29 bits per heavy atom. The Labute approximate surface area is 125 Å². The summed E-state index contributed by atoms with van der Waals surface area (Å²) in [5.41, 5.74) is 0.136. The van der Waals surface area contributed by atoms with Gasteiger partial charge in [-0.1, -0.05) is 23.7 Å². The first-order chi connectivity index (χ1) is 9.83. The maximum atomic E-state index is 12.3. The highest BCUT2D eigenvalue weighted by Gasteiger charge is 2.26. The molecule has 0 fully saturated rings. The molecular formula is C12H10ClN3O4S. The van der Waals surface area contributed by atoms with Crippen molar-refractivity contribution in [3.8, 4) is 0 Å². The molecule has 110 valence electrons. The topological polar surface area (TPSA) is 102 Å². The molecule has 0 unspecified atom stereocenters. The van der Waals surface area contributed by atoms with E-state index in [2.05, 4.69) is 9.71 Å². The van der Waals surface area contributed by atoms with Gasteiger partial charge in [0.15, 0.2) is 10.0 Å². The SMILES string of the molecule is Cc1ccnc(Cl)c1NS(=O)(=O)c1ccccc1[N+](=O)[O-]. The monoisotopic (exact) mass is 327 g/mol. The van der Waals surface area contributed by atoms with E-state index in [4.69, 9.17) is 11.6 Å². The highest BCUT2D eigenvalue weighted by atomic mass is 35.5. The zero-order valence-corrected chi connectivity index (χ0v) is 12.4. The molecule has 9 heteroatoms. The summed E-state index contributed by atoms with van der Waals surface area (Å²) in [4.78, 5) is 13.5. The van der Waals surface area contributed by atoms with E-state index >= 15 is 0 Å². The molecule has 1 aromatic carbocycles. The van der Waals surface area contributed by atoms with Crippen molar-refractivity contribution < 1.29 is 13.3 Å². The first-order valence-electron chi connectivity index (χ1n) is 5.70. The summed E-state index contributed by atoms with van der Waals surface area (Å²) in [6.45, 7) is 1.64. The largest absolute Gasteiger partial charge is 0.289 e. The maximum Gasteiger partial charge on any atom is 0.289 e. The van der Waals surface area contributed by atoms with Crippen molar-refractivity contribution in [2.45, 2.75) is 11.8 Å². The fraction of sp³-hybridized carbons (Fsp3) is 0.0833. The third-order valence-electron chi connectivity index (χ3n) is 2.70. The number of anilines is 1. The highest BCUT2D eigenvalue weighted by Crippen LogP contribution is 2.29. The lowest BCUT2D eigenvalue weighted by Gasteiger charge is -2.11. The van der Waals surface area contributed by atoms with E-state index in [9.17, 15) is 18.5 Å². The quantitative estimate of drug-likeness (QED) is 0.528. The molecular weight excluding hydrogens is 318 g/mol. The summed E-state index contributed by atoms with van der Waals surface area (Å²) in [7, 11) is -4.15. The minimum Gasteiger partial charge on any atom is -0.276 e. The minimum atomic E-state index is -4.15. The second kappa shape index (κ2) is 5.66. The zero-order chi connectivity index (χ0) is 15.6. The van der Waals surface area contributed by atoms with Crippen LogP contribution >= 0.6 is 11.6 Å². The number of benzene rings is 1. The summed E-state index contributed by atoms with van der Waals surface area (Å²) in [5.74, 6) is 0. The summed E-state index contributed by atoms with van der Waals surface area (Å²) in [6.07, 6.45) is 1.43. The summed E-state index contributed by atoms with van der Waals surface area (Å²) in [6, 6.07) is 6.63. The van der Waals surface area contributed by atoms with Gasteiger partial charge in [-0.15, -0.1) is 0 Å². The highest BCUT2D eigenvalue weighted by molar-refractivity contribution is 7.92. The number of hydrogen-bond donors (Lipinski definition) is 1. The first-order valence-corrected chi connectivity index (χ1v) is 7.56. The molecule has 0 saturated carbocycles. The van der Waals surface area contributed by atoms with Crippen LogP contribution in [0.4, 0.5) is 11.4 Å². The van der Waals surface area contributed by atoms with E-state index < -0.39 is 25.5 Å². The smallest absolute Gasteiger partial charge is 0.276 e. The van der Waals surface area contributed by atoms with E-state index in [0.29, 0.717) is 5.56 Å². The number of aromatic nitrogens is 1. The Hall–Kier alpha value is -2.19. The molecule has 0 radical (unpaired) electrons. The maximum absolute atomic E-state index is 12.3. The van der Waals surface area contributed by atoms with Crippen molar-refractivity contribution in [1.82, 2.24) is 4.98 Å². The molecule has 0 bridgehead atoms. The van der Waals surface area contributed by atoms with Crippen molar-refractivity contribution in [2.24, 2.45) is 0 Å². The van der Waals surface area contributed by atoms with Crippen LogP contribution in [0.2, 0.25) is 5.15 Å². The summed E-state index contributed by atoms with van der Waals surface area (Å²) >= 11 is 5.85. The number of nitro groups is 1. The average Bonchev–Trinajstić information content (AvgIpc) is 2.43. The van der Waals surface area contributed by atoms with Gasteiger partial charge in [-0.3, -0.25) is 14.8 Å². The van der Waals surface area contributed by atoms with Crippen LogP contribution in [0.5, 0.6) is 0 Å². The molecule has 0 aliphatic carbocycles. The summed E-state index contributed by atoms with van der Waals surface area (Å²) in [5, 5.41) is 10.9. The van der Waals surface area contributed by atoms with Gasteiger partial charge in [-0.05, 0) is 24.6 Å². The lowest BCUT2D eigenvalue weighted by molar-refractivity contribution is -0.387. The lowest BCUT2D eigenvalue weighted by atomic mass is 10.3. The van der Waals surface area contributed by atoms with E-state index in [0.717, 1.165) is 12.1 Å². The summed E-state index contributed by atoms with van der Waals surface area (Å²) < 4.78 is 26.9. The third kappa shape index (κ3) is 3.11. The van der Waals surface area contributed by atoms with Crippen molar-refractivity contribution in [3.63, 3.8) is 0 Å². The van der Waals surface area contributed by atoms with Gasteiger partial charge in [0.1, 0.15) is 0 Å². The first kappa shape index (κ1) is 15.2. The van der Waals surface area contributed by atoms with Gasteiger partial charge in [0.05, 0.1) is 10.6 Å². The van der Waals surface area contributed by atoms with Crippen LogP contribution in [-0.2, 0) is 10.0 Å². The van der Waals surface area contributed by atoms with Crippen LogP contribution in [-0.4, -0.2) is 18.3 Å². The van der Waals surface area contributed by atoms with Gasteiger partial charge >= 0.3 is 0 Å². The fourth-order valence-electron chi connectivity index (χ4n) is 1.67. The van der Waals surface area contributed by atoms with Crippen molar-refractivity contribution >= 4 is 33.0 Å². The number of nitrogens with one attached hydrogen (secondary N) is 1. The molecule has 2 aromatic rings. The Kier molecular flexibility index (Phi) is 4.10. The number of halogens is 1. The molecule has 0 aliphatic heterocycles. The Morgan fingerprint density at radius 2 is 1.95 bits per heavy atom. The van der Waals surface area contributed by atoms with Crippen LogP contribution in [0, 0.1) is 17.0 Å². The predicted octanol–water partition coefficient (Wildman–Crippen LogP) is 2.75. The van der Waals surface area contributed by atoms with E-state index in [1.807, 2.05) is 0 Å². The van der Waals surface area contributed by atoms with Gasteiger partial charge < -0.3 is 0 Å². The van der Waals surface area contributed by atoms with Crippen molar-refractivity contribution in [2.75, 3.05) is 4.72 Å². The second-order valence-electron chi connectivity index (χ2n) is 4.12. The van der Waals surface area contributed by atoms with E-state index in [1.54, 1.807) is 13.0 Å². The standard InChI is InChI=1S/C12H10ClN3O4S/c1-8-6-7-14-12(13)11(8)15-21(19,20)10-5-3-2-4-9(10)16(17)18/h2-7,15H,1H3. The van der Waals surface area contributed by atoms with Gasteiger partial charge in [-0.2, -0.15) is 0 Å². The molecule has 7 nitrogen and oxygen atoms in total. The van der Waals surface area contributed by atoms with Crippen LogP contribution < -0.4 is 4.72 Å². The molecule has 0 amide bonds. The number of nitro benzene ring substituents is 1. The Morgan fingerprint density at radius 3 is 2.57 bits per heavy atom. The number of nitrogens with zero attached hydrogens (tertiary/aromatic N) is 2. The Balaban J connectivity index is 2.52. The van der Waals surface area contributed by atoms with Gasteiger partial charge in [0, 0.05) is 12.3 Å². The fourth-order valence-corrected chi connectivity index (χ4v) is 3.29. The van der Waals surface area contributed by atoms with Gasteiger partial charge in [0.2, 0.25) is 0 Å². The minimum absolute atomic E-state index is 0.0304. The Bertz CT molecular complexity index is 788. The molecule has 1 aromatic heterocycles. The molecule has 0 aliphatic rings. The zero-order valence-electron chi connectivity index (χ0n) is 10.8.